The molecule has 1 rings (SSSR count). The molecule has 1 heteroatoms. The summed E-state index contributed by atoms with van der Waals surface area (Å²) in [6.07, 6.45) is 5.94. The molecule has 0 N–H and O–H groups in total. The van der Waals surface area contributed by atoms with Crippen molar-refractivity contribution in [3.63, 3.8) is 0 Å². The van der Waals surface area contributed by atoms with Gasteiger partial charge in [0.15, 0.2) is 0 Å². The second-order valence-electron chi connectivity index (χ2n) is 4.63. The predicted molar refractivity (Wildman–Crippen MR) is 46.4 cm³/mol. The van der Waals surface area contributed by atoms with Crippen LogP contribution in [0.3, 0.4) is 0 Å². The summed E-state index contributed by atoms with van der Waals surface area (Å²) in [6, 6.07) is 0. The zero-order valence-electron chi connectivity index (χ0n) is 7.81. The van der Waals surface area contributed by atoms with Crippen LogP contribution in [0, 0.1) is 10.8 Å². The molecule has 11 heavy (non-hydrogen) atoms. The molecule has 0 bridgehead atoms. The van der Waals surface area contributed by atoms with E-state index in [4.69, 9.17) is 0 Å². The Morgan fingerprint density at radius 1 is 1.09 bits per heavy atom. The van der Waals surface area contributed by atoms with Crippen LogP contribution in [0.15, 0.2) is 0 Å². The fourth-order valence-corrected chi connectivity index (χ4v) is 1.90. The average molecular weight is 154 g/mol. The molecular formula is C10H18O. The Bertz CT molecular complexity index is 160. The van der Waals surface area contributed by atoms with E-state index in [1.165, 1.54) is 19.3 Å². The van der Waals surface area contributed by atoms with Crippen LogP contribution >= 0.6 is 0 Å². The quantitative estimate of drug-likeness (QED) is 0.531. The number of hydrogen-bond acceptors (Lipinski definition) is 1. The van der Waals surface area contributed by atoms with Gasteiger partial charge in [-0.1, -0.05) is 33.6 Å². The molecule has 0 heterocycles. The lowest BCUT2D eigenvalue weighted by atomic mass is 9.59. The van der Waals surface area contributed by atoms with Crippen molar-refractivity contribution in [1.29, 1.82) is 0 Å². The first-order valence-corrected chi connectivity index (χ1v) is 4.48. The van der Waals surface area contributed by atoms with Crippen LogP contribution < -0.4 is 0 Å². The predicted octanol–water partition coefficient (Wildman–Crippen LogP) is 2.79. The molecule has 0 aromatic rings. The van der Waals surface area contributed by atoms with Gasteiger partial charge in [0.25, 0.3) is 0 Å². The minimum atomic E-state index is -0.0642. The van der Waals surface area contributed by atoms with Crippen LogP contribution in [0.4, 0.5) is 0 Å². The second kappa shape index (κ2) is 2.62. The number of hydrogen-bond donors (Lipinski definition) is 0. The minimum Gasteiger partial charge on any atom is -0.303 e. The van der Waals surface area contributed by atoms with E-state index in [9.17, 15) is 4.79 Å². The Balaban J connectivity index is 2.82. The Kier molecular flexibility index (Phi) is 2.08. The first-order chi connectivity index (χ1) is 5.02. The highest BCUT2D eigenvalue weighted by molar-refractivity contribution is 5.60. The third-order valence-electron chi connectivity index (χ3n) is 3.55. The normalized spacial score (nSPS) is 36.6. The van der Waals surface area contributed by atoms with Crippen molar-refractivity contribution in [3.05, 3.63) is 0 Å². The van der Waals surface area contributed by atoms with Crippen LogP contribution in [0.2, 0.25) is 0 Å². The van der Waals surface area contributed by atoms with Gasteiger partial charge in [-0.3, -0.25) is 0 Å². The summed E-state index contributed by atoms with van der Waals surface area (Å²) in [5, 5.41) is 0. The first-order valence-electron chi connectivity index (χ1n) is 4.48. The van der Waals surface area contributed by atoms with E-state index in [1.54, 1.807) is 0 Å². The Hall–Kier alpha value is -0.330. The van der Waals surface area contributed by atoms with Gasteiger partial charge in [0, 0.05) is 5.41 Å². The van der Waals surface area contributed by atoms with Crippen LogP contribution in [0.5, 0.6) is 0 Å². The lowest BCUT2D eigenvalue weighted by Crippen LogP contribution is -2.39. The smallest absolute Gasteiger partial charge is 0.126 e. The monoisotopic (exact) mass is 154 g/mol. The van der Waals surface area contributed by atoms with Gasteiger partial charge in [0.05, 0.1) is 0 Å². The number of carbonyl (C=O) groups excluding carboxylic acids is 1. The van der Waals surface area contributed by atoms with Crippen molar-refractivity contribution < 1.29 is 4.79 Å². The van der Waals surface area contributed by atoms with Gasteiger partial charge in [-0.25, -0.2) is 0 Å². The van der Waals surface area contributed by atoms with Crippen LogP contribution in [0.25, 0.3) is 0 Å². The van der Waals surface area contributed by atoms with Gasteiger partial charge in [0.2, 0.25) is 0 Å². The Morgan fingerprint density at radius 2 is 1.64 bits per heavy atom. The maximum Gasteiger partial charge on any atom is 0.126 e. The van der Waals surface area contributed by atoms with Crippen molar-refractivity contribution in [2.45, 2.75) is 46.5 Å². The van der Waals surface area contributed by atoms with Crippen molar-refractivity contribution in [3.8, 4) is 0 Å². The van der Waals surface area contributed by atoms with Gasteiger partial charge < -0.3 is 4.79 Å². The largest absolute Gasteiger partial charge is 0.303 e. The van der Waals surface area contributed by atoms with Crippen LogP contribution in [-0.4, -0.2) is 6.29 Å². The average Bonchev–Trinajstić information content (AvgIpc) is 1.95. The van der Waals surface area contributed by atoms with Gasteiger partial charge >= 0.3 is 0 Å². The van der Waals surface area contributed by atoms with E-state index in [1.807, 2.05) is 0 Å². The zero-order valence-corrected chi connectivity index (χ0v) is 7.81. The lowest BCUT2D eigenvalue weighted by Gasteiger charge is -2.44. The summed E-state index contributed by atoms with van der Waals surface area (Å²) >= 11 is 0. The third kappa shape index (κ3) is 1.33. The van der Waals surface area contributed by atoms with E-state index in [0.29, 0.717) is 0 Å². The molecule has 0 saturated heterocycles. The van der Waals surface area contributed by atoms with Gasteiger partial charge in [-0.05, 0) is 18.3 Å². The molecule has 1 fully saturated rings. The molecule has 1 unspecified atom stereocenters. The second-order valence-corrected chi connectivity index (χ2v) is 4.63. The van der Waals surface area contributed by atoms with E-state index < -0.39 is 0 Å². The summed E-state index contributed by atoms with van der Waals surface area (Å²) < 4.78 is 0. The minimum absolute atomic E-state index is 0.0642. The maximum absolute atomic E-state index is 10.9. The molecule has 1 aliphatic carbocycles. The zero-order chi connectivity index (χ0) is 8.54. The molecule has 64 valence electrons. The molecule has 0 radical (unpaired) electrons. The maximum atomic E-state index is 10.9. The van der Waals surface area contributed by atoms with Crippen LogP contribution in [0.1, 0.15) is 46.5 Å². The van der Waals surface area contributed by atoms with E-state index >= 15 is 0 Å². The number of rotatable bonds is 1. The molecule has 1 saturated carbocycles. The third-order valence-corrected chi connectivity index (χ3v) is 3.55. The molecule has 0 aliphatic heterocycles. The van der Waals surface area contributed by atoms with E-state index in [-0.39, 0.29) is 10.8 Å². The van der Waals surface area contributed by atoms with E-state index in [0.717, 1.165) is 12.7 Å². The summed E-state index contributed by atoms with van der Waals surface area (Å²) in [5.74, 6) is 0. The fourth-order valence-electron chi connectivity index (χ4n) is 1.90. The molecule has 0 amide bonds. The van der Waals surface area contributed by atoms with Crippen molar-refractivity contribution >= 4 is 6.29 Å². The molecule has 1 atom stereocenters. The first kappa shape index (κ1) is 8.76. The SMILES string of the molecule is CC1(C)CCCCC1(C)C=O. The summed E-state index contributed by atoms with van der Waals surface area (Å²) in [6.45, 7) is 6.51. The highest BCUT2D eigenvalue weighted by atomic mass is 16.1. The standard InChI is InChI=1S/C10H18O/c1-9(2)6-4-5-7-10(9,3)8-11/h8H,4-7H2,1-3H3. The topological polar surface area (TPSA) is 17.1 Å². The number of carbonyl (C=O) groups is 1. The molecule has 1 nitrogen and oxygen atoms in total. The summed E-state index contributed by atoms with van der Waals surface area (Å²) in [5.41, 5.74) is 0.151. The Morgan fingerprint density at radius 3 is 2.00 bits per heavy atom. The highest BCUT2D eigenvalue weighted by Gasteiger charge is 2.42. The molecule has 1 aliphatic rings. The van der Waals surface area contributed by atoms with Gasteiger partial charge in [-0.2, -0.15) is 0 Å². The highest BCUT2D eigenvalue weighted by Crippen LogP contribution is 2.48. The van der Waals surface area contributed by atoms with Crippen molar-refractivity contribution in [2.24, 2.45) is 10.8 Å². The summed E-state index contributed by atoms with van der Waals surface area (Å²) in [4.78, 5) is 10.9. The van der Waals surface area contributed by atoms with Crippen LogP contribution in [-0.2, 0) is 4.79 Å². The molecular weight excluding hydrogens is 136 g/mol. The van der Waals surface area contributed by atoms with Crippen molar-refractivity contribution in [1.82, 2.24) is 0 Å². The molecule has 0 spiro atoms. The lowest BCUT2D eigenvalue weighted by molar-refractivity contribution is -0.124. The fraction of sp³-hybridized carbons (Fsp3) is 0.900. The Labute approximate surface area is 69.2 Å². The number of aldehydes is 1. The van der Waals surface area contributed by atoms with Gasteiger partial charge in [0.1, 0.15) is 6.29 Å². The molecule has 0 aromatic carbocycles. The summed E-state index contributed by atoms with van der Waals surface area (Å²) in [7, 11) is 0. The van der Waals surface area contributed by atoms with E-state index in [2.05, 4.69) is 20.8 Å². The van der Waals surface area contributed by atoms with Gasteiger partial charge in [-0.15, -0.1) is 0 Å². The molecule has 0 aromatic heterocycles. The van der Waals surface area contributed by atoms with Crippen molar-refractivity contribution in [2.75, 3.05) is 0 Å².